The van der Waals surface area contributed by atoms with Crippen molar-refractivity contribution in [1.82, 2.24) is 15.0 Å². The summed E-state index contributed by atoms with van der Waals surface area (Å²) >= 11 is 1.53. The number of carbonyl (C=O) groups excluding carboxylic acids is 1. The highest BCUT2D eigenvalue weighted by Gasteiger charge is 2.17. The molecule has 2 aromatic rings. The van der Waals surface area contributed by atoms with Crippen LogP contribution in [0, 0.1) is 13.8 Å². The summed E-state index contributed by atoms with van der Waals surface area (Å²) in [7, 11) is 1.41. The summed E-state index contributed by atoms with van der Waals surface area (Å²) in [6.07, 6.45) is 1.74. The van der Waals surface area contributed by atoms with Crippen LogP contribution in [0.1, 0.15) is 21.7 Å². The molecule has 0 unspecified atom stereocenters. The van der Waals surface area contributed by atoms with E-state index in [1.165, 1.54) is 18.4 Å². The Morgan fingerprint density at radius 1 is 1.53 bits per heavy atom. The maximum Gasteiger partial charge on any atom is 0.276 e. The van der Waals surface area contributed by atoms with Crippen LogP contribution in [0.2, 0.25) is 0 Å². The first kappa shape index (κ1) is 11.8. The Labute approximate surface area is 103 Å². The Balaban J connectivity index is 2.46. The van der Waals surface area contributed by atoms with E-state index in [0.717, 1.165) is 16.5 Å². The molecule has 2 rings (SSSR count). The average molecular weight is 251 g/mol. The molecule has 1 N–H and O–H groups in total. The van der Waals surface area contributed by atoms with Crippen LogP contribution in [-0.2, 0) is 4.84 Å². The number of nitrogens with one attached hydrogen (secondary N) is 1. The SMILES string of the molecule is CONC(=O)c1cc(C)n(-c2nccs2)c1C. The Hall–Kier alpha value is -1.66. The largest absolute Gasteiger partial charge is 0.294 e. The van der Waals surface area contributed by atoms with Crippen LogP contribution >= 0.6 is 11.3 Å². The van der Waals surface area contributed by atoms with E-state index in [-0.39, 0.29) is 5.91 Å². The molecule has 0 aromatic carbocycles. The summed E-state index contributed by atoms with van der Waals surface area (Å²) in [4.78, 5) is 20.6. The molecule has 5 nitrogen and oxygen atoms in total. The maximum absolute atomic E-state index is 11.7. The molecule has 0 bridgehead atoms. The van der Waals surface area contributed by atoms with Gasteiger partial charge in [0.25, 0.3) is 5.91 Å². The molecule has 2 aromatic heterocycles. The zero-order valence-electron chi connectivity index (χ0n) is 9.85. The van der Waals surface area contributed by atoms with Gasteiger partial charge < -0.3 is 0 Å². The van der Waals surface area contributed by atoms with Crippen molar-refractivity contribution >= 4 is 17.2 Å². The summed E-state index contributed by atoms with van der Waals surface area (Å²) in [5.74, 6) is -0.247. The number of thiazole rings is 1. The van der Waals surface area contributed by atoms with Gasteiger partial charge in [-0.25, -0.2) is 10.5 Å². The second-order valence-corrected chi connectivity index (χ2v) is 4.44. The van der Waals surface area contributed by atoms with Gasteiger partial charge in [-0.05, 0) is 19.9 Å². The van der Waals surface area contributed by atoms with Crippen LogP contribution < -0.4 is 5.48 Å². The summed E-state index contributed by atoms with van der Waals surface area (Å²) in [6.45, 7) is 3.83. The van der Waals surface area contributed by atoms with Crippen LogP contribution in [0.25, 0.3) is 5.13 Å². The van der Waals surface area contributed by atoms with Gasteiger partial charge in [-0.2, -0.15) is 0 Å². The number of rotatable bonds is 3. The number of aromatic nitrogens is 2. The predicted octanol–water partition coefficient (Wildman–Crippen LogP) is 1.84. The van der Waals surface area contributed by atoms with Gasteiger partial charge in [0.1, 0.15) is 0 Å². The Bertz CT molecular complexity index is 531. The molecule has 0 fully saturated rings. The van der Waals surface area contributed by atoms with E-state index in [4.69, 9.17) is 0 Å². The molecule has 0 saturated heterocycles. The van der Waals surface area contributed by atoms with Crippen molar-refractivity contribution in [3.8, 4) is 5.13 Å². The molecule has 0 spiro atoms. The fourth-order valence-electron chi connectivity index (χ4n) is 1.76. The number of hydrogen-bond acceptors (Lipinski definition) is 4. The number of amides is 1. The molecular weight excluding hydrogens is 238 g/mol. The van der Waals surface area contributed by atoms with Crippen LogP contribution in [0.5, 0.6) is 0 Å². The summed E-state index contributed by atoms with van der Waals surface area (Å²) in [5, 5.41) is 2.76. The molecule has 0 saturated carbocycles. The quantitative estimate of drug-likeness (QED) is 0.847. The molecule has 0 radical (unpaired) electrons. The number of aryl methyl sites for hydroxylation is 1. The van der Waals surface area contributed by atoms with Gasteiger partial charge in [-0.3, -0.25) is 14.2 Å². The van der Waals surface area contributed by atoms with Gasteiger partial charge in [0.05, 0.1) is 12.7 Å². The number of nitrogens with zero attached hydrogens (tertiary/aromatic N) is 2. The molecule has 0 aliphatic carbocycles. The van der Waals surface area contributed by atoms with E-state index >= 15 is 0 Å². The van der Waals surface area contributed by atoms with Crippen LogP contribution in [0.3, 0.4) is 0 Å². The Kier molecular flexibility index (Phi) is 3.26. The van der Waals surface area contributed by atoms with Gasteiger partial charge in [0.15, 0.2) is 5.13 Å². The smallest absolute Gasteiger partial charge is 0.276 e. The van der Waals surface area contributed by atoms with E-state index in [1.54, 1.807) is 6.20 Å². The maximum atomic E-state index is 11.7. The normalized spacial score (nSPS) is 10.5. The third kappa shape index (κ3) is 2.09. The highest BCUT2D eigenvalue weighted by Crippen LogP contribution is 2.22. The van der Waals surface area contributed by atoms with Crippen LogP contribution in [0.15, 0.2) is 17.6 Å². The van der Waals surface area contributed by atoms with E-state index in [9.17, 15) is 4.79 Å². The Morgan fingerprint density at radius 2 is 2.29 bits per heavy atom. The van der Waals surface area contributed by atoms with Crippen molar-refractivity contribution in [2.45, 2.75) is 13.8 Å². The molecule has 17 heavy (non-hydrogen) atoms. The zero-order valence-corrected chi connectivity index (χ0v) is 10.7. The van der Waals surface area contributed by atoms with Gasteiger partial charge in [-0.1, -0.05) is 0 Å². The van der Waals surface area contributed by atoms with Gasteiger partial charge in [-0.15, -0.1) is 11.3 Å². The molecule has 0 aliphatic heterocycles. The number of hydrogen-bond donors (Lipinski definition) is 1. The Morgan fingerprint density at radius 3 is 2.88 bits per heavy atom. The third-order valence-corrected chi connectivity index (χ3v) is 3.24. The van der Waals surface area contributed by atoms with Crippen molar-refractivity contribution in [2.24, 2.45) is 0 Å². The topological polar surface area (TPSA) is 56.1 Å². The predicted molar refractivity (Wildman–Crippen MR) is 65.4 cm³/mol. The summed E-state index contributed by atoms with van der Waals surface area (Å²) in [5.41, 5.74) is 4.74. The summed E-state index contributed by atoms with van der Waals surface area (Å²) in [6, 6.07) is 1.82. The number of hydroxylamine groups is 1. The lowest BCUT2D eigenvalue weighted by molar-refractivity contribution is 0.0537. The molecule has 6 heteroatoms. The first-order valence-corrected chi connectivity index (χ1v) is 5.95. The molecule has 90 valence electrons. The van der Waals surface area contributed by atoms with Crippen molar-refractivity contribution in [3.63, 3.8) is 0 Å². The van der Waals surface area contributed by atoms with Crippen molar-refractivity contribution < 1.29 is 9.63 Å². The van der Waals surface area contributed by atoms with Crippen molar-refractivity contribution in [3.05, 3.63) is 34.6 Å². The first-order chi connectivity index (χ1) is 8.15. The van der Waals surface area contributed by atoms with E-state index in [2.05, 4.69) is 15.3 Å². The third-order valence-electron chi connectivity index (χ3n) is 2.48. The summed E-state index contributed by atoms with van der Waals surface area (Å²) < 4.78 is 1.95. The van der Waals surface area contributed by atoms with E-state index < -0.39 is 0 Å². The molecule has 1 amide bonds. The van der Waals surface area contributed by atoms with Crippen molar-refractivity contribution in [1.29, 1.82) is 0 Å². The number of carbonyl (C=O) groups is 1. The lowest BCUT2D eigenvalue weighted by Gasteiger charge is -2.05. The van der Waals surface area contributed by atoms with Crippen molar-refractivity contribution in [2.75, 3.05) is 7.11 Å². The molecule has 0 aliphatic rings. The standard InChI is InChI=1S/C11H13N3O2S/c1-7-6-9(10(15)13-16-3)8(2)14(7)11-12-4-5-17-11/h4-6H,1-3H3,(H,13,15). The minimum Gasteiger partial charge on any atom is -0.294 e. The average Bonchev–Trinajstić information content (AvgIpc) is 2.87. The van der Waals surface area contributed by atoms with Gasteiger partial charge in [0.2, 0.25) is 0 Å². The first-order valence-electron chi connectivity index (χ1n) is 5.07. The lowest BCUT2D eigenvalue weighted by atomic mass is 10.2. The zero-order chi connectivity index (χ0) is 12.4. The van der Waals surface area contributed by atoms with E-state index in [0.29, 0.717) is 5.56 Å². The monoisotopic (exact) mass is 251 g/mol. The van der Waals surface area contributed by atoms with Crippen LogP contribution in [0.4, 0.5) is 0 Å². The molecule has 0 atom stereocenters. The minimum atomic E-state index is -0.247. The fraction of sp³-hybridized carbons (Fsp3) is 0.273. The van der Waals surface area contributed by atoms with Gasteiger partial charge >= 0.3 is 0 Å². The minimum absolute atomic E-state index is 0.247. The second-order valence-electron chi connectivity index (χ2n) is 3.57. The molecule has 2 heterocycles. The van der Waals surface area contributed by atoms with Gasteiger partial charge in [0, 0.05) is 23.0 Å². The lowest BCUT2D eigenvalue weighted by Crippen LogP contribution is -2.22. The fourth-order valence-corrected chi connectivity index (χ4v) is 2.51. The highest BCUT2D eigenvalue weighted by atomic mass is 32.1. The van der Waals surface area contributed by atoms with Crippen LogP contribution in [-0.4, -0.2) is 22.6 Å². The molecular formula is C11H13N3O2S. The highest BCUT2D eigenvalue weighted by molar-refractivity contribution is 7.12. The van der Waals surface area contributed by atoms with E-state index in [1.807, 2.05) is 29.9 Å². The second kappa shape index (κ2) is 4.68.